The topological polar surface area (TPSA) is 3.24 Å². The lowest BCUT2D eigenvalue weighted by Gasteiger charge is -2.08. The average Bonchev–Trinajstić information content (AvgIpc) is 2.15. The fourth-order valence-electron chi connectivity index (χ4n) is 0.884. The van der Waals surface area contributed by atoms with Gasteiger partial charge in [0.25, 0.3) is 0 Å². The van der Waals surface area contributed by atoms with Crippen molar-refractivity contribution >= 4 is 0 Å². The third-order valence-corrected chi connectivity index (χ3v) is 1.23. The van der Waals surface area contributed by atoms with Crippen LogP contribution in [0, 0.1) is 6.42 Å². The highest BCUT2D eigenvalue weighted by molar-refractivity contribution is 5.34. The zero-order valence-corrected chi connectivity index (χ0v) is 5.96. The van der Waals surface area contributed by atoms with Crippen molar-refractivity contribution in [2.75, 3.05) is 20.6 Å². The molecule has 1 radical (unpaired) electrons. The van der Waals surface area contributed by atoms with E-state index >= 15 is 0 Å². The van der Waals surface area contributed by atoms with Crippen molar-refractivity contribution in [1.82, 2.24) is 4.90 Å². The molecule has 9 heavy (non-hydrogen) atoms. The summed E-state index contributed by atoms with van der Waals surface area (Å²) in [6.07, 6.45) is 8.41. The van der Waals surface area contributed by atoms with Crippen LogP contribution in [0.3, 0.4) is 0 Å². The van der Waals surface area contributed by atoms with E-state index in [0.29, 0.717) is 0 Å². The number of rotatable bonds is 2. The van der Waals surface area contributed by atoms with Crippen LogP contribution in [0.4, 0.5) is 0 Å². The van der Waals surface area contributed by atoms with Crippen LogP contribution in [0.25, 0.3) is 0 Å². The predicted octanol–water partition coefficient (Wildman–Crippen LogP) is 1.25. The molecule has 0 bridgehead atoms. The minimum atomic E-state index is 1.05. The second-order valence-electron chi connectivity index (χ2n) is 2.53. The van der Waals surface area contributed by atoms with Crippen LogP contribution in [-0.4, -0.2) is 25.5 Å². The molecule has 1 heteroatoms. The SMILES string of the molecule is CN(C)CC1=CC=C[CH]1. The number of hydrogen-bond donors (Lipinski definition) is 0. The third kappa shape index (κ3) is 2.02. The zero-order valence-electron chi connectivity index (χ0n) is 5.96. The summed E-state index contributed by atoms with van der Waals surface area (Å²) in [5.41, 5.74) is 1.39. The van der Waals surface area contributed by atoms with Gasteiger partial charge in [-0.1, -0.05) is 18.2 Å². The first kappa shape index (κ1) is 6.56. The second-order valence-corrected chi connectivity index (χ2v) is 2.53. The van der Waals surface area contributed by atoms with Gasteiger partial charge in [-0.05, 0) is 19.7 Å². The van der Waals surface area contributed by atoms with Crippen LogP contribution < -0.4 is 0 Å². The molecule has 1 aliphatic carbocycles. The van der Waals surface area contributed by atoms with Crippen molar-refractivity contribution in [3.8, 4) is 0 Å². The Morgan fingerprint density at radius 1 is 1.33 bits per heavy atom. The highest BCUT2D eigenvalue weighted by atomic mass is 15.0. The Hall–Kier alpha value is -0.560. The van der Waals surface area contributed by atoms with Crippen molar-refractivity contribution in [2.24, 2.45) is 0 Å². The summed E-state index contributed by atoms with van der Waals surface area (Å²) in [5.74, 6) is 0. The van der Waals surface area contributed by atoms with Gasteiger partial charge in [0.1, 0.15) is 0 Å². The van der Waals surface area contributed by atoms with E-state index in [-0.39, 0.29) is 0 Å². The molecule has 0 aromatic rings. The molecule has 1 aliphatic rings. The maximum absolute atomic E-state index is 2.16. The van der Waals surface area contributed by atoms with E-state index in [1.807, 2.05) is 0 Å². The van der Waals surface area contributed by atoms with Crippen LogP contribution in [0.2, 0.25) is 0 Å². The van der Waals surface area contributed by atoms with E-state index in [0.717, 1.165) is 6.54 Å². The first-order valence-electron chi connectivity index (χ1n) is 3.14. The summed E-state index contributed by atoms with van der Waals surface area (Å²) in [6.45, 7) is 1.05. The molecule has 0 amide bonds. The Labute approximate surface area is 56.7 Å². The first-order valence-corrected chi connectivity index (χ1v) is 3.14. The van der Waals surface area contributed by atoms with Gasteiger partial charge >= 0.3 is 0 Å². The Bertz CT molecular complexity index is 143. The summed E-state index contributed by atoms with van der Waals surface area (Å²) >= 11 is 0. The van der Waals surface area contributed by atoms with Crippen molar-refractivity contribution in [2.45, 2.75) is 0 Å². The molecule has 0 heterocycles. The number of nitrogens with zero attached hydrogens (tertiary/aromatic N) is 1. The molecule has 0 spiro atoms. The number of likely N-dealkylation sites (N-methyl/N-ethyl adjacent to an activating group) is 1. The summed E-state index contributed by atoms with van der Waals surface area (Å²) < 4.78 is 0. The summed E-state index contributed by atoms with van der Waals surface area (Å²) in [5, 5.41) is 0. The molecule has 0 saturated carbocycles. The van der Waals surface area contributed by atoms with E-state index in [9.17, 15) is 0 Å². The van der Waals surface area contributed by atoms with Crippen molar-refractivity contribution in [3.05, 3.63) is 30.2 Å². The van der Waals surface area contributed by atoms with Gasteiger partial charge < -0.3 is 4.90 Å². The molecule has 0 fully saturated rings. The Kier molecular flexibility index (Phi) is 2.06. The maximum Gasteiger partial charge on any atom is 0.0196 e. The molecule has 0 saturated heterocycles. The van der Waals surface area contributed by atoms with E-state index in [4.69, 9.17) is 0 Å². The molecule has 49 valence electrons. The summed E-state index contributed by atoms with van der Waals surface area (Å²) in [6, 6.07) is 0. The van der Waals surface area contributed by atoms with Crippen molar-refractivity contribution in [3.63, 3.8) is 0 Å². The molecule has 1 nitrogen and oxygen atoms in total. The normalized spacial score (nSPS) is 17.0. The standard InChI is InChI=1S/C8H12N/c1-9(2)7-8-5-3-4-6-8/h3-6H,7H2,1-2H3. The fraction of sp³-hybridized carbons (Fsp3) is 0.375. The highest BCUT2D eigenvalue weighted by Crippen LogP contribution is 2.08. The van der Waals surface area contributed by atoms with E-state index in [1.165, 1.54) is 5.57 Å². The van der Waals surface area contributed by atoms with E-state index < -0.39 is 0 Å². The average molecular weight is 122 g/mol. The lowest BCUT2D eigenvalue weighted by Crippen LogP contribution is -2.14. The van der Waals surface area contributed by atoms with Crippen molar-refractivity contribution < 1.29 is 0 Å². The van der Waals surface area contributed by atoms with Gasteiger partial charge in [-0.2, -0.15) is 0 Å². The van der Waals surface area contributed by atoms with Gasteiger partial charge in [-0.3, -0.25) is 0 Å². The highest BCUT2D eigenvalue weighted by Gasteiger charge is 1.99. The van der Waals surface area contributed by atoms with E-state index in [1.54, 1.807) is 0 Å². The lowest BCUT2D eigenvalue weighted by molar-refractivity contribution is 0.448. The molecule has 0 aliphatic heterocycles. The summed E-state index contributed by atoms with van der Waals surface area (Å²) in [4.78, 5) is 2.16. The molecule has 1 rings (SSSR count). The number of hydrogen-bond acceptors (Lipinski definition) is 1. The largest absolute Gasteiger partial charge is 0.305 e. The van der Waals surface area contributed by atoms with Crippen LogP contribution in [-0.2, 0) is 0 Å². The predicted molar refractivity (Wildman–Crippen MR) is 40.1 cm³/mol. The van der Waals surface area contributed by atoms with Gasteiger partial charge in [0.2, 0.25) is 0 Å². The molecule has 0 aromatic carbocycles. The molecule has 0 unspecified atom stereocenters. The smallest absolute Gasteiger partial charge is 0.0196 e. The van der Waals surface area contributed by atoms with Gasteiger partial charge in [0.05, 0.1) is 0 Å². The molecular formula is C8H12N. The quantitative estimate of drug-likeness (QED) is 0.532. The lowest BCUT2D eigenvalue weighted by atomic mass is 10.2. The van der Waals surface area contributed by atoms with Gasteiger partial charge in [0.15, 0.2) is 0 Å². The Morgan fingerprint density at radius 2 is 2.11 bits per heavy atom. The zero-order chi connectivity index (χ0) is 6.69. The monoisotopic (exact) mass is 122 g/mol. The van der Waals surface area contributed by atoms with Crippen LogP contribution >= 0.6 is 0 Å². The fourth-order valence-corrected chi connectivity index (χ4v) is 0.884. The van der Waals surface area contributed by atoms with Crippen LogP contribution in [0.5, 0.6) is 0 Å². The maximum atomic E-state index is 2.16. The van der Waals surface area contributed by atoms with E-state index in [2.05, 4.69) is 43.6 Å². The molecule has 0 aromatic heterocycles. The Morgan fingerprint density at radius 3 is 2.56 bits per heavy atom. The number of allylic oxidation sites excluding steroid dienone is 3. The minimum Gasteiger partial charge on any atom is -0.305 e. The summed E-state index contributed by atoms with van der Waals surface area (Å²) in [7, 11) is 4.15. The van der Waals surface area contributed by atoms with Gasteiger partial charge in [0, 0.05) is 13.0 Å². The molecule has 0 atom stereocenters. The third-order valence-electron chi connectivity index (χ3n) is 1.23. The molecular weight excluding hydrogens is 110 g/mol. The first-order chi connectivity index (χ1) is 4.29. The van der Waals surface area contributed by atoms with Gasteiger partial charge in [-0.15, -0.1) is 0 Å². The second kappa shape index (κ2) is 2.83. The van der Waals surface area contributed by atoms with Gasteiger partial charge in [-0.25, -0.2) is 0 Å². The van der Waals surface area contributed by atoms with Crippen LogP contribution in [0.15, 0.2) is 23.8 Å². The van der Waals surface area contributed by atoms with Crippen molar-refractivity contribution in [1.29, 1.82) is 0 Å². The minimum absolute atomic E-state index is 1.05. The molecule has 0 N–H and O–H groups in total. The van der Waals surface area contributed by atoms with Crippen LogP contribution in [0.1, 0.15) is 0 Å². The Balaban J connectivity index is 2.30.